The van der Waals surface area contributed by atoms with Crippen LogP contribution in [0.15, 0.2) is 58.1 Å². The lowest BCUT2D eigenvalue weighted by atomic mass is 9.89. The Balaban J connectivity index is 1.24. The fourth-order valence-electron chi connectivity index (χ4n) is 5.16. The number of carbonyl (C=O) groups is 1. The number of nitrogens with zero attached hydrogens (tertiary/aromatic N) is 3. The molecule has 10 heteroatoms. The molecular weight excluding hydrogens is 500 g/mol. The monoisotopic (exact) mass is 532 g/mol. The first-order chi connectivity index (χ1) is 18.8. The highest BCUT2D eigenvalue weighted by Gasteiger charge is 2.24. The third-order valence-corrected chi connectivity index (χ3v) is 7.51. The van der Waals surface area contributed by atoms with Crippen LogP contribution in [-0.2, 0) is 18.9 Å². The number of aromatic nitrogens is 3. The lowest BCUT2D eigenvalue weighted by molar-refractivity contribution is -0.134. The fraction of sp³-hybridized carbons (Fsp3) is 0.345. The molecule has 1 aliphatic rings. The maximum absolute atomic E-state index is 12.8. The highest BCUT2D eigenvalue weighted by atomic mass is 16.5. The maximum atomic E-state index is 12.8. The number of hydrogen-bond donors (Lipinski definition) is 1. The number of amides is 1. The van der Waals surface area contributed by atoms with Crippen molar-refractivity contribution in [1.29, 1.82) is 0 Å². The number of aromatic amines is 1. The van der Waals surface area contributed by atoms with Gasteiger partial charge >= 0.3 is 5.69 Å². The number of benzene rings is 2. The second-order valence-electron chi connectivity index (χ2n) is 9.73. The van der Waals surface area contributed by atoms with Gasteiger partial charge in [0.25, 0.3) is 11.5 Å². The minimum atomic E-state index is -0.400. The van der Waals surface area contributed by atoms with E-state index in [1.807, 2.05) is 17.0 Å². The summed E-state index contributed by atoms with van der Waals surface area (Å²) in [5, 5.41) is 0. The Hall–Kier alpha value is -4.47. The lowest BCUT2D eigenvalue weighted by Crippen LogP contribution is -2.40. The molecule has 1 N–H and O–H groups in total. The largest absolute Gasteiger partial charge is 0.497 e. The predicted molar refractivity (Wildman–Crippen MR) is 148 cm³/mol. The molecule has 2 aromatic heterocycles. The highest BCUT2D eigenvalue weighted by molar-refractivity contribution is 5.84. The molecule has 0 radical (unpaired) electrons. The smallest absolute Gasteiger partial charge is 0.331 e. The van der Waals surface area contributed by atoms with Crippen molar-refractivity contribution in [3.05, 3.63) is 74.9 Å². The first kappa shape index (κ1) is 26.1. The number of likely N-dealkylation sites (tertiary alicyclic amines) is 1. The van der Waals surface area contributed by atoms with Crippen LogP contribution in [0.3, 0.4) is 0 Å². The Morgan fingerprint density at radius 2 is 1.62 bits per heavy atom. The van der Waals surface area contributed by atoms with Gasteiger partial charge in [-0.25, -0.2) is 4.79 Å². The lowest BCUT2D eigenvalue weighted by Gasteiger charge is -2.32. The van der Waals surface area contributed by atoms with E-state index in [1.165, 1.54) is 24.3 Å². The molecule has 1 amide bonds. The van der Waals surface area contributed by atoms with Crippen molar-refractivity contribution in [1.82, 2.24) is 19.0 Å². The van der Waals surface area contributed by atoms with Crippen LogP contribution in [-0.4, -0.2) is 58.8 Å². The summed E-state index contributed by atoms with van der Waals surface area (Å²) in [6.07, 6.45) is 1.81. The Bertz CT molecular complexity index is 1620. The number of piperidine rings is 1. The third kappa shape index (κ3) is 5.01. The van der Waals surface area contributed by atoms with Crippen LogP contribution < -0.4 is 25.5 Å². The number of fused-ring (bicyclic) bond motifs is 1. The van der Waals surface area contributed by atoms with Crippen molar-refractivity contribution >= 4 is 16.9 Å². The average Bonchev–Trinajstić information content (AvgIpc) is 3.43. The van der Waals surface area contributed by atoms with E-state index in [1.54, 1.807) is 38.4 Å². The van der Waals surface area contributed by atoms with E-state index < -0.39 is 11.2 Å². The van der Waals surface area contributed by atoms with Gasteiger partial charge in [0.2, 0.25) is 0 Å². The number of carbonyl (C=O) groups excluding carboxylic acids is 1. The molecule has 3 heterocycles. The molecule has 10 nitrogen and oxygen atoms in total. The molecule has 39 heavy (non-hydrogen) atoms. The van der Waals surface area contributed by atoms with Crippen LogP contribution >= 0.6 is 0 Å². The van der Waals surface area contributed by atoms with Gasteiger partial charge in [-0.2, -0.15) is 0 Å². The average molecular weight is 533 g/mol. The third-order valence-electron chi connectivity index (χ3n) is 7.51. The van der Waals surface area contributed by atoms with Gasteiger partial charge in [-0.15, -0.1) is 0 Å². The molecular formula is C29H32N4O6. The van der Waals surface area contributed by atoms with Crippen molar-refractivity contribution in [3.8, 4) is 28.5 Å². The normalized spacial score (nSPS) is 14.0. The van der Waals surface area contributed by atoms with Crippen molar-refractivity contribution < 1.29 is 19.0 Å². The molecule has 0 aliphatic carbocycles. The predicted octanol–water partition coefficient (Wildman–Crippen LogP) is 3.03. The molecule has 4 aromatic rings. The van der Waals surface area contributed by atoms with Crippen LogP contribution in [0, 0.1) is 0 Å². The number of rotatable bonds is 7. The van der Waals surface area contributed by atoms with Gasteiger partial charge in [0.15, 0.2) is 6.61 Å². The molecule has 1 aliphatic heterocycles. The van der Waals surface area contributed by atoms with E-state index in [0.717, 1.165) is 23.2 Å². The van der Waals surface area contributed by atoms with Crippen molar-refractivity contribution in [3.63, 3.8) is 0 Å². The van der Waals surface area contributed by atoms with Crippen molar-refractivity contribution in [2.45, 2.75) is 18.8 Å². The van der Waals surface area contributed by atoms with Gasteiger partial charge in [-0.1, -0.05) is 12.1 Å². The van der Waals surface area contributed by atoms with Crippen LogP contribution in [0.5, 0.6) is 17.2 Å². The quantitative estimate of drug-likeness (QED) is 0.392. The Labute approximate surface area is 225 Å². The number of hydrogen-bond acceptors (Lipinski definition) is 6. The van der Waals surface area contributed by atoms with Crippen LogP contribution in [0.1, 0.15) is 24.3 Å². The summed E-state index contributed by atoms with van der Waals surface area (Å²) in [5.74, 6) is 2.21. The van der Waals surface area contributed by atoms with Gasteiger partial charge in [-0.3, -0.25) is 18.7 Å². The minimum Gasteiger partial charge on any atom is -0.497 e. The fourth-order valence-corrected chi connectivity index (χ4v) is 5.16. The first-order valence-corrected chi connectivity index (χ1v) is 12.8. The zero-order valence-corrected chi connectivity index (χ0v) is 22.5. The molecule has 0 saturated carbocycles. The standard InChI is InChI=1S/C29H32N4O6/c1-31-24-16-23(30-27(24)28(35)32(2)29(31)36)22-10-9-21(15-25(22)38-4)39-17-26(34)33-13-11-19(12-14-33)18-5-7-20(37-3)8-6-18/h5-10,15-16,19,30H,11-14,17H2,1-4H3. The van der Waals surface area contributed by atoms with E-state index in [0.29, 0.717) is 52.8 Å². The molecule has 1 fully saturated rings. The molecule has 0 atom stereocenters. The zero-order chi connectivity index (χ0) is 27.7. The summed E-state index contributed by atoms with van der Waals surface area (Å²) in [4.78, 5) is 42.7. The number of nitrogens with one attached hydrogen (secondary N) is 1. The van der Waals surface area contributed by atoms with Crippen LogP contribution in [0.4, 0.5) is 0 Å². The highest BCUT2D eigenvalue weighted by Crippen LogP contribution is 2.34. The van der Waals surface area contributed by atoms with Crippen LogP contribution in [0.25, 0.3) is 22.3 Å². The number of methoxy groups -OCH3 is 2. The molecule has 0 unspecified atom stereocenters. The van der Waals surface area contributed by atoms with Gasteiger partial charge < -0.3 is 24.1 Å². The molecule has 1 saturated heterocycles. The summed E-state index contributed by atoms with van der Waals surface area (Å²) in [6, 6.07) is 15.1. The SMILES string of the molecule is COc1ccc(C2CCN(C(=O)COc3ccc(-c4cc5c([nH]4)c(=O)n(C)c(=O)n5C)c(OC)c3)CC2)cc1. The maximum Gasteiger partial charge on any atom is 0.331 e. The Morgan fingerprint density at radius 1 is 0.923 bits per heavy atom. The number of H-pyrrole nitrogens is 1. The van der Waals surface area contributed by atoms with Gasteiger partial charge in [-0.05, 0) is 54.7 Å². The van der Waals surface area contributed by atoms with Gasteiger partial charge in [0.1, 0.15) is 22.8 Å². The molecule has 0 spiro atoms. The summed E-state index contributed by atoms with van der Waals surface area (Å²) in [6.45, 7) is 1.30. The molecule has 204 valence electrons. The van der Waals surface area contributed by atoms with E-state index in [9.17, 15) is 14.4 Å². The number of aryl methyl sites for hydroxylation is 1. The topological polar surface area (TPSA) is 108 Å². The summed E-state index contributed by atoms with van der Waals surface area (Å²) in [5.41, 5.74) is 2.63. The Kier molecular flexibility index (Phi) is 7.19. The second kappa shape index (κ2) is 10.7. The van der Waals surface area contributed by atoms with E-state index in [2.05, 4.69) is 17.1 Å². The molecule has 0 bridgehead atoms. The van der Waals surface area contributed by atoms with E-state index >= 15 is 0 Å². The summed E-state index contributed by atoms with van der Waals surface area (Å²) < 4.78 is 19.1. The van der Waals surface area contributed by atoms with Crippen molar-refractivity contribution in [2.75, 3.05) is 33.9 Å². The second-order valence-corrected chi connectivity index (χ2v) is 9.73. The van der Waals surface area contributed by atoms with Crippen LogP contribution in [0.2, 0.25) is 0 Å². The van der Waals surface area contributed by atoms with Gasteiger partial charge in [0, 0.05) is 38.8 Å². The van der Waals surface area contributed by atoms with E-state index in [4.69, 9.17) is 14.2 Å². The Morgan fingerprint density at radius 3 is 2.28 bits per heavy atom. The summed E-state index contributed by atoms with van der Waals surface area (Å²) in [7, 11) is 6.26. The number of ether oxygens (including phenoxy) is 3. The minimum absolute atomic E-state index is 0.0568. The first-order valence-electron chi connectivity index (χ1n) is 12.8. The zero-order valence-electron chi connectivity index (χ0n) is 22.5. The molecule has 5 rings (SSSR count). The van der Waals surface area contributed by atoms with Crippen molar-refractivity contribution in [2.24, 2.45) is 14.1 Å². The molecule has 2 aromatic carbocycles. The van der Waals surface area contributed by atoms with E-state index in [-0.39, 0.29) is 12.5 Å². The van der Waals surface area contributed by atoms with Gasteiger partial charge in [0.05, 0.1) is 25.4 Å². The summed E-state index contributed by atoms with van der Waals surface area (Å²) >= 11 is 0.